The van der Waals surface area contributed by atoms with Crippen LogP contribution in [0.4, 0.5) is 0 Å². The minimum Gasteiger partial charge on any atom is -0.455 e. The van der Waals surface area contributed by atoms with Crippen molar-refractivity contribution in [3.05, 3.63) is 94.7 Å². The summed E-state index contributed by atoms with van der Waals surface area (Å²) in [6.45, 7) is 4.56. The van der Waals surface area contributed by atoms with Crippen molar-refractivity contribution >= 4 is 76.9 Å². The Kier molecular flexibility index (Phi) is 10.1. The summed E-state index contributed by atoms with van der Waals surface area (Å²) in [6.07, 6.45) is 18.3. The van der Waals surface area contributed by atoms with Crippen molar-refractivity contribution in [3.8, 4) is 21.3 Å². The Hall–Kier alpha value is -3.86. The predicted octanol–water partition coefficient (Wildman–Crippen LogP) is 15.9. The summed E-state index contributed by atoms with van der Waals surface area (Å²) in [5.74, 6) is 1.95. The Morgan fingerprint density at radius 1 is 0.420 bits per heavy atom. The van der Waals surface area contributed by atoms with Crippen LogP contribution in [0.25, 0.3) is 75.5 Å². The van der Waals surface area contributed by atoms with Gasteiger partial charge in [0.15, 0.2) is 0 Å². The lowest BCUT2D eigenvalue weighted by Gasteiger charge is -2.08. The topological polar surface area (TPSA) is 26.3 Å². The Morgan fingerprint density at radius 2 is 0.800 bits per heavy atom. The van der Waals surface area contributed by atoms with Crippen LogP contribution in [-0.4, -0.2) is 0 Å². The van der Waals surface area contributed by atoms with Crippen LogP contribution in [0.1, 0.15) is 102 Å². The molecule has 0 aliphatic rings. The van der Waals surface area contributed by atoms with Crippen LogP contribution < -0.4 is 0 Å². The van der Waals surface area contributed by atoms with Crippen molar-refractivity contribution in [2.24, 2.45) is 0 Å². The SMILES string of the molecule is CCCCCCCCc1csc(-c2cc3ccc4c5ccc6c(ccc7cc(-c8cc(CCCCCCCC)cs8)oc76)c5ccc4c3o2)c1. The van der Waals surface area contributed by atoms with Crippen LogP contribution in [0.5, 0.6) is 0 Å². The number of unbranched alkanes of at least 4 members (excludes halogenated alkanes) is 10. The quantitative estimate of drug-likeness (QED) is 0.0742. The van der Waals surface area contributed by atoms with Gasteiger partial charge in [0.1, 0.15) is 22.7 Å². The molecule has 4 aromatic heterocycles. The molecule has 0 saturated heterocycles. The number of aryl methyl sites for hydroxylation is 2. The number of fused-ring (bicyclic) bond motifs is 9. The Labute approximate surface area is 304 Å². The first-order valence-corrected chi connectivity index (χ1v) is 20.9. The zero-order valence-corrected chi connectivity index (χ0v) is 31.2. The fourth-order valence-electron chi connectivity index (χ4n) is 7.77. The summed E-state index contributed by atoms with van der Waals surface area (Å²) in [4.78, 5) is 2.45. The van der Waals surface area contributed by atoms with Crippen molar-refractivity contribution in [3.63, 3.8) is 0 Å². The molecule has 0 spiro atoms. The maximum absolute atomic E-state index is 6.63. The maximum Gasteiger partial charge on any atom is 0.145 e. The summed E-state index contributed by atoms with van der Waals surface area (Å²) in [5.41, 5.74) is 4.82. The lowest BCUT2D eigenvalue weighted by molar-refractivity contribution is 0.608. The molecule has 4 heterocycles. The highest BCUT2D eigenvalue weighted by Crippen LogP contribution is 2.41. The van der Waals surface area contributed by atoms with Gasteiger partial charge in [0.2, 0.25) is 0 Å². The van der Waals surface area contributed by atoms with Gasteiger partial charge < -0.3 is 8.83 Å². The van der Waals surface area contributed by atoms with Crippen LogP contribution in [-0.2, 0) is 12.8 Å². The molecular formula is C46H48O2S2. The van der Waals surface area contributed by atoms with Crippen molar-refractivity contribution in [2.75, 3.05) is 0 Å². The molecule has 0 bridgehead atoms. The van der Waals surface area contributed by atoms with Crippen LogP contribution in [0.15, 0.2) is 92.4 Å². The van der Waals surface area contributed by atoms with Gasteiger partial charge in [0, 0.05) is 21.5 Å². The number of hydrogen-bond donors (Lipinski definition) is 0. The molecule has 0 unspecified atom stereocenters. The Bertz CT molecular complexity index is 2210. The molecule has 0 saturated carbocycles. The van der Waals surface area contributed by atoms with E-state index in [4.69, 9.17) is 8.83 Å². The molecule has 4 heteroatoms. The standard InChI is InChI=1S/C46H48O2S2/c1-3-5-7-9-11-13-15-31-25-43(49-29-31)41-27-33-17-19-37-35-22-24-40-38(36(35)21-23-39(37)45(33)47-41)20-18-34-28-42(48-46(34)40)44-26-32(30-50-44)16-14-12-10-8-6-4-2/h17-30H,3-16H2,1-2H3. The zero-order valence-electron chi connectivity index (χ0n) is 29.6. The van der Waals surface area contributed by atoms with E-state index in [9.17, 15) is 0 Å². The number of benzene rings is 4. The van der Waals surface area contributed by atoms with Gasteiger partial charge in [0.25, 0.3) is 0 Å². The molecule has 50 heavy (non-hydrogen) atoms. The van der Waals surface area contributed by atoms with E-state index < -0.39 is 0 Å². The number of rotatable bonds is 16. The second-order valence-corrected chi connectivity index (χ2v) is 16.1. The first-order chi connectivity index (χ1) is 24.7. The molecule has 0 N–H and O–H groups in total. The lowest BCUT2D eigenvalue weighted by atomic mass is 9.95. The molecule has 0 radical (unpaired) electrons. The average molecular weight is 697 g/mol. The highest BCUT2D eigenvalue weighted by atomic mass is 32.1. The van der Waals surface area contributed by atoms with Crippen LogP contribution >= 0.6 is 22.7 Å². The van der Waals surface area contributed by atoms with Crippen molar-refractivity contribution < 1.29 is 8.83 Å². The minimum absolute atomic E-state index is 0.974. The number of thiophene rings is 2. The average Bonchev–Trinajstić information content (AvgIpc) is 3.96. The second kappa shape index (κ2) is 15.2. The molecular weight excluding hydrogens is 649 g/mol. The van der Waals surface area contributed by atoms with E-state index >= 15 is 0 Å². The number of furan rings is 2. The predicted molar refractivity (Wildman–Crippen MR) is 219 cm³/mol. The molecule has 8 rings (SSSR count). The molecule has 0 aliphatic carbocycles. The van der Waals surface area contributed by atoms with Gasteiger partial charge in [-0.05, 0) is 106 Å². The van der Waals surface area contributed by atoms with Crippen molar-refractivity contribution in [2.45, 2.75) is 104 Å². The van der Waals surface area contributed by atoms with E-state index in [1.54, 1.807) is 22.7 Å². The molecule has 256 valence electrons. The first-order valence-electron chi connectivity index (χ1n) is 19.1. The van der Waals surface area contributed by atoms with Gasteiger partial charge in [-0.3, -0.25) is 0 Å². The summed E-state index contributed by atoms with van der Waals surface area (Å²) in [7, 11) is 0. The van der Waals surface area contributed by atoms with Gasteiger partial charge in [0.05, 0.1) is 9.75 Å². The summed E-state index contributed by atoms with van der Waals surface area (Å²) in [5, 5.41) is 14.2. The summed E-state index contributed by atoms with van der Waals surface area (Å²) in [6, 6.07) is 27.2. The highest BCUT2D eigenvalue weighted by molar-refractivity contribution is 7.14. The monoisotopic (exact) mass is 696 g/mol. The summed E-state index contributed by atoms with van der Waals surface area (Å²) >= 11 is 3.61. The van der Waals surface area contributed by atoms with Gasteiger partial charge in [-0.25, -0.2) is 0 Å². The fraction of sp³-hybridized carbons (Fsp3) is 0.348. The zero-order chi connectivity index (χ0) is 33.9. The molecule has 0 fully saturated rings. The molecule has 0 aliphatic heterocycles. The highest BCUT2D eigenvalue weighted by Gasteiger charge is 2.16. The third-order valence-corrected chi connectivity index (χ3v) is 12.6. The lowest BCUT2D eigenvalue weighted by Crippen LogP contribution is -1.83. The van der Waals surface area contributed by atoms with Gasteiger partial charge in [-0.1, -0.05) is 114 Å². The van der Waals surface area contributed by atoms with E-state index in [0.29, 0.717) is 0 Å². The van der Waals surface area contributed by atoms with Crippen LogP contribution in [0.3, 0.4) is 0 Å². The van der Waals surface area contributed by atoms with Gasteiger partial charge >= 0.3 is 0 Å². The van der Waals surface area contributed by atoms with Crippen molar-refractivity contribution in [1.82, 2.24) is 0 Å². The first kappa shape index (κ1) is 33.3. The van der Waals surface area contributed by atoms with E-state index in [-0.39, 0.29) is 0 Å². The second-order valence-electron chi connectivity index (χ2n) is 14.3. The molecule has 0 atom stereocenters. The Morgan fingerprint density at radius 3 is 1.26 bits per heavy atom. The fourth-order valence-corrected chi connectivity index (χ4v) is 9.57. The van der Waals surface area contributed by atoms with E-state index in [0.717, 1.165) is 46.3 Å². The van der Waals surface area contributed by atoms with Gasteiger partial charge in [-0.2, -0.15) is 0 Å². The molecule has 2 nitrogen and oxygen atoms in total. The smallest absolute Gasteiger partial charge is 0.145 e. The normalized spacial score (nSPS) is 12.1. The van der Waals surface area contributed by atoms with E-state index in [2.05, 4.69) is 97.4 Å². The molecule has 8 aromatic rings. The largest absolute Gasteiger partial charge is 0.455 e. The van der Waals surface area contributed by atoms with Gasteiger partial charge in [-0.15, -0.1) is 22.7 Å². The van der Waals surface area contributed by atoms with E-state index in [1.807, 2.05) is 0 Å². The third kappa shape index (κ3) is 6.77. The van der Waals surface area contributed by atoms with Crippen LogP contribution in [0, 0.1) is 0 Å². The number of hydrogen-bond acceptors (Lipinski definition) is 4. The Balaban J connectivity index is 1.04. The van der Waals surface area contributed by atoms with Crippen molar-refractivity contribution in [1.29, 1.82) is 0 Å². The maximum atomic E-state index is 6.63. The van der Waals surface area contributed by atoms with Crippen LogP contribution in [0.2, 0.25) is 0 Å². The minimum atomic E-state index is 0.974. The summed E-state index contributed by atoms with van der Waals surface area (Å²) < 4.78 is 13.3. The van der Waals surface area contributed by atoms with E-state index in [1.165, 1.54) is 130 Å². The molecule has 0 amide bonds. The third-order valence-electron chi connectivity index (χ3n) is 10.6. The molecule has 4 aromatic carbocycles.